The molecule has 0 bridgehead atoms. The van der Waals surface area contributed by atoms with Gasteiger partial charge in [0.25, 0.3) is 0 Å². The minimum Gasteiger partial charge on any atom is -0.505 e. The second-order valence-corrected chi connectivity index (χ2v) is 6.38. The van der Waals surface area contributed by atoms with Gasteiger partial charge in [-0.3, -0.25) is 9.69 Å². The van der Waals surface area contributed by atoms with E-state index in [1.165, 1.54) is 25.0 Å². The van der Waals surface area contributed by atoms with Crippen molar-refractivity contribution in [1.29, 1.82) is 0 Å². The van der Waals surface area contributed by atoms with Gasteiger partial charge in [0, 0.05) is 18.7 Å². The van der Waals surface area contributed by atoms with Crippen molar-refractivity contribution >= 4 is 5.78 Å². The number of benzene rings is 1. The van der Waals surface area contributed by atoms with Gasteiger partial charge in [-0.1, -0.05) is 6.92 Å². The number of phenolic OH excluding ortho intramolecular Hbond substituents is 1. The molecule has 1 aromatic rings. The SMILES string of the molecule is CC1C[C@@H]2CN(CC(=O)c3ccc(O)c(F)c3)C[C@@H]2C1. The number of likely N-dealkylation sites (tertiary alicyclic amines) is 1. The first-order valence-corrected chi connectivity index (χ1v) is 7.27. The number of rotatable bonds is 3. The molecular formula is C16H20FNO2. The van der Waals surface area contributed by atoms with E-state index in [0.29, 0.717) is 12.1 Å². The number of halogens is 1. The summed E-state index contributed by atoms with van der Waals surface area (Å²) in [4.78, 5) is 14.3. The van der Waals surface area contributed by atoms with Crippen LogP contribution in [0.4, 0.5) is 4.39 Å². The molecule has 3 nitrogen and oxygen atoms in total. The van der Waals surface area contributed by atoms with Crippen LogP contribution in [0.15, 0.2) is 18.2 Å². The Morgan fingerprint density at radius 3 is 2.60 bits per heavy atom. The van der Waals surface area contributed by atoms with Crippen LogP contribution in [0.1, 0.15) is 30.1 Å². The Hall–Kier alpha value is -1.42. The lowest BCUT2D eigenvalue weighted by atomic mass is 10.0. The standard InChI is InChI=1S/C16H20FNO2/c1-10-4-12-7-18(8-13(12)5-10)9-16(20)11-2-3-15(19)14(17)6-11/h2-3,6,10,12-13,19H,4-5,7-9H2,1H3/t10?,12-,13+. The van der Waals surface area contributed by atoms with Crippen LogP contribution in [0.2, 0.25) is 0 Å². The quantitative estimate of drug-likeness (QED) is 0.864. The molecule has 2 aliphatic rings. The van der Waals surface area contributed by atoms with E-state index in [4.69, 9.17) is 5.11 Å². The van der Waals surface area contributed by atoms with E-state index < -0.39 is 11.6 Å². The number of aromatic hydroxyl groups is 1. The van der Waals surface area contributed by atoms with Gasteiger partial charge in [0.2, 0.25) is 0 Å². The first kappa shape index (κ1) is 13.6. The van der Waals surface area contributed by atoms with Crippen LogP contribution in [-0.4, -0.2) is 35.4 Å². The number of carbonyl (C=O) groups is 1. The molecule has 1 N–H and O–H groups in total. The van der Waals surface area contributed by atoms with Gasteiger partial charge >= 0.3 is 0 Å². The molecular weight excluding hydrogens is 257 g/mol. The van der Waals surface area contributed by atoms with Crippen molar-refractivity contribution in [1.82, 2.24) is 4.90 Å². The van der Waals surface area contributed by atoms with Crippen molar-refractivity contribution in [3.05, 3.63) is 29.6 Å². The van der Waals surface area contributed by atoms with Gasteiger partial charge in [-0.2, -0.15) is 0 Å². The lowest BCUT2D eigenvalue weighted by Gasteiger charge is -2.16. The van der Waals surface area contributed by atoms with Crippen LogP contribution in [-0.2, 0) is 0 Å². The molecule has 1 aromatic carbocycles. The summed E-state index contributed by atoms with van der Waals surface area (Å²) in [5, 5.41) is 9.15. The van der Waals surface area contributed by atoms with E-state index in [0.717, 1.165) is 36.9 Å². The molecule has 1 saturated carbocycles. The molecule has 3 atom stereocenters. The van der Waals surface area contributed by atoms with Gasteiger partial charge in [0.05, 0.1) is 6.54 Å². The van der Waals surface area contributed by atoms with E-state index in [1.54, 1.807) is 0 Å². The molecule has 1 aliphatic heterocycles. The van der Waals surface area contributed by atoms with Crippen molar-refractivity contribution in [3.63, 3.8) is 0 Å². The van der Waals surface area contributed by atoms with Crippen LogP contribution in [0, 0.1) is 23.6 Å². The van der Waals surface area contributed by atoms with Gasteiger partial charge in [-0.25, -0.2) is 4.39 Å². The van der Waals surface area contributed by atoms with Crippen LogP contribution >= 0.6 is 0 Å². The Balaban J connectivity index is 1.61. The molecule has 1 heterocycles. The monoisotopic (exact) mass is 277 g/mol. The molecule has 0 aromatic heterocycles. The number of carbonyl (C=O) groups excluding carboxylic acids is 1. The number of Topliss-reactive ketones (excluding diaryl/α,β-unsaturated/α-hetero) is 1. The second-order valence-electron chi connectivity index (χ2n) is 6.38. The lowest BCUT2D eigenvalue weighted by molar-refractivity contribution is 0.0939. The number of nitrogens with zero attached hydrogens (tertiary/aromatic N) is 1. The maximum absolute atomic E-state index is 13.3. The van der Waals surface area contributed by atoms with E-state index in [9.17, 15) is 9.18 Å². The van der Waals surface area contributed by atoms with Gasteiger partial charge in [0.1, 0.15) is 0 Å². The zero-order chi connectivity index (χ0) is 14.3. The summed E-state index contributed by atoms with van der Waals surface area (Å²) in [6, 6.07) is 3.85. The number of phenols is 1. The summed E-state index contributed by atoms with van der Waals surface area (Å²) in [5.74, 6) is 1.06. The van der Waals surface area contributed by atoms with E-state index >= 15 is 0 Å². The third-order valence-corrected chi connectivity index (χ3v) is 4.70. The van der Waals surface area contributed by atoms with Crippen LogP contribution < -0.4 is 0 Å². The topological polar surface area (TPSA) is 40.5 Å². The maximum Gasteiger partial charge on any atom is 0.176 e. The number of hydrogen-bond donors (Lipinski definition) is 1. The molecule has 0 spiro atoms. The van der Waals surface area contributed by atoms with Crippen molar-refractivity contribution in [2.75, 3.05) is 19.6 Å². The van der Waals surface area contributed by atoms with Gasteiger partial charge in [-0.05, 0) is 48.8 Å². The Labute approximate surface area is 118 Å². The molecule has 108 valence electrons. The van der Waals surface area contributed by atoms with E-state index in [2.05, 4.69) is 11.8 Å². The van der Waals surface area contributed by atoms with Crippen molar-refractivity contribution in [2.45, 2.75) is 19.8 Å². The minimum absolute atomic E-state index is 0.0723. The van der Waals surface area contributed by atoms with E-state index in [1.807, 2.05) is 0 Å². The molecule has 0 radical (unpaired) electrons. The Morgan fingerprint density at radius 2 is 2.00 bits per heavy atom. The smallest absolute Gasteiger partial charge is 0.176 e. The second kappa shape index (κ2) is 5.17. The summed E-state index contributed by atoms with van der Waals surface area (Å²) in [6.07, 6.45) is 2.53. The average molecular weight is 277 g/mol. The molecule has 1 aliphatic carbocycles. The van der Waals surface area contributed by atoms with Crippen molar-refractivity contribution in [2.24, 2.45) is 17.8 Å². The average Bonchev–Trinajstić information content (AvgIpc) is 2.89. The number of hydrogen-bond acceptors (Lipinski definition) is 3. The summed E-state index contributed by atoms with van der Waals surface area (Å²) < 4.78 is 13.3. The van der Waals surface area contributed by atoms with Gasteiger partial charge in [0.15, 0.2) is 17.3 Å². The summed E-state index contributed by atoms with van der Waals surface area (Å²) in [6.45, 7) is 4.63. The normalized spacial score (nSPS) is 29.6. The third-order valence-electron chi connectivity index (χ3n) is 4.70. The van der Waals surface area contributed by atoms with Crippen molar-refractivity contribution < 1.29 is 14.3 Å². The summed E-state index contributed by atoms with van der Waals surface area (Å²) >= 11 is 0. The first-order valence-electron chi connectivity index (χ1n) is 7.27. The molecule has 0 amide bonds. The highest BCUT2D eigenvalue weighted by molar-refractivity contribution is 5.97. The predicted octanol–water partition coefficient (Wildman–Crippen LogP) is 2.69. The summed E-state index contributed by atoms with van der Waals surface area (Å²) in [5.41, 5.74) is 0.339. The predicted molar refractivity (Wildman–Crippen MR) is 74.2 cm³/mol. The minimum atomic E-state index is -0.733. The fourth-order valence-corrected chi connectivity index (χ4v) is 3.80. The molecule has 1 unspecified atom stereocenters. The Bertz CT molecular complexity index is 517. The highest BCUT2D eigenvalue weighted by Crippen LogP contribution is 2.41. The fraction of sp³-hybridized carbons (Fsp3) is 0.562. The number of fused-ring (bicyclic) bond motifs is 1. The molecule has 4 heteroatoms. The zero-order valence-electron chi connectivity index (χ0n) is 11.7. The molecule has 2 fully saturated rings. The first-order chi connectivity index (χ1) is 9.52. The maximum atomic E-state index is 13.3. The largest absolute Gasteiger partial charge is 0.505 e. The molecule has 3 rings (SSSR count). The van der Waals surface area contributed by atoms with Gasteiger partial charge < -0.3 is 5.11 Å². The van der Waals surface area contributed by atoms with E-state index in [-0.39, 0.29) is 5.78 Å². The zero-order valence-corrected chi connectivity index (χ0v) is 11.7. The van der Waals surface area contributed by atoms with Crippen molar-refractivity contribution in [3.8, 4) is 5.75 Å². The molecule has 1 saturated heterocycles. The van der Waals surface area contributed by atoms with Crippen LogP contribution in [0.3, 0.4) is 0 Å². The van der Waals surface area contributed by atoms with Crippen LogP contribution in [0.25, 0.3) is 0 Å². The molecule has 20 heavy (non-hydrogen) atoms. The highest BCUT2D eigenvalue weighted by atomic mass is 19.1. The highest BCUT2D eigenvalue weighted by Gasteiger charge is 2.39. The lowest BCUT2D eigenvalue weighted by Crippen LogP contribution is -2.29. The Morgan fingerprint density at radius 1 is 1.35 bits per heavy atom. The van der Waals surface area contributed by atoms with Gasteiger partial charge in [-0.15, -0.1) is 0 Å². The number of ketones is 1. The summed E-state index contributed by atoms with van der Waals surface area (Å²) in [7, 11) is 0. The van der Waals surface area contributed by atoms with Crippen LogP contribution in [0.5, 0.6) is 5.75 Å². The fourth-order valence-electron chi connectivity index (χ4n) is 3.80. The third kappa shape index (κ3) is 2.57. The Kier molecular flexibility index (Phi) is 3.50.